The van der Waals surface area contributed by atoms with Crippen molar-refractivity contribution in [2.24, 2.45) is 0 Å². The monoisotopic (exact) mass is 164 g/mol. The predicted molar refractivity (Wildman–Crippen MR) is 42.5 cm³/mol. The Morgan fingerprint density at radius 3 is 3.25 bits per heavy atom. The molecule has 2 rings (SSSR count). The lowest BCUT2D eigenvalue weighted by Crippen LogP contribution is -2.06. The van der Waals surface area contributed by atoms with Gasteiger partial charge in [-0.25, -0.2) is 5.48 Å². The van der Waals surface area contributed by atoms with Gasteiger partial charge in [0.1, 0.15) is 5.52 Å². The summed E-state index contributed by atoms with van der Waals surface area (Å²) in [6.45, 7) is 0.379. The number of aromatic nitrogens is 3. The third-order valence-electron chi connectivity index (χ3n) is 1.71. The van der Waals surface area contributed by atoms with Crippen LogP contribution in [0.2, 0.25) is 0 Å². The highest BCUT2D eigenvalue weighted by Crippen LogP contribution is 2.12. The van der Waals surface area contributed by atoms with E-state index in [-0.39, 0.29) is 0 Å². The van der Waals surface area contributed by atoms with Gasteiger partial charge in [0.15, 0.2) is 0 Å². The molecule has 1 heterocycles. The second kappa shape index (κ2) is 2.88. The molecule has 0 saturated carbocycles. The Bertz CT molecular complexity index is 384. The molecule has 1 aromatic carbocycles. The quantitative estimate of drug-likeness (QED) is 0.563. The number of rotatable bonds is 2. The van der Waals surface area contributed by atoms with Crippen molar-refractivity contribution >= 4 is 11.0 Å². The van der Waals surface area contributed by atoms with E-state index in [0.717, 1.165) is 16.6 Å². The van der Waals surface area contributed by atoms with Crippen molar-refractivity contribution in [3.05, 3.63) is 23.8 Å². The van der Waals surface area contributed by atoms with Crippen LogP contribution in [0.25, 0.3) is 11.0 Å². The van der Waals surface area contributed by atoms with E-state index in [4.69, 9.17) is 5.21 Å². The van der Waals surface area contributed by atoms with Gasteiger partial charge in [-0.1, -0.05) is 17.3 Å². The van der Waals surface area contributed by atoms with Crippen LogP contribution in [-0.4, -0.2) is 20.6 Å². The second-order valence-corrected chi connectivity index (χ2v) is 2.46. The first-order valence-corrected chi connectivity index (χ1v) is 3.57. The van der Waals surface area contributed by atoms with E-state index in [1.54, 1.807) is 0 Å². The number of nitrogens with one attached hydrogen (secondary N) is 2. The highest BCUT2D eigenvalue weighted by Gasteiger charge is 2.01. The number of aromatic amines is 1. The maximum absolute atomic E-state index is 8.51. The Kier molecular flexibility index (Phi) is 1.73. The van der Waals surface area contributed by atoms with Gasteiger partial charge in [0.2, 0.25) is 0 Å². The summed E-state index contributed by atoms with van der Waals surface area (Å²) < 4.78 is 0. The van der Waals surface area contributed by atoms with Gasteiger partial charge in [0.25, 0.3) is 0 Å². The Hall–Kier alpha value is -1.46. The van der Waals surface area contributed by atoms with E-state index < -0.39 is 0 Å². The minimum atomic E-state index is 0.379. The molecule has 0 atom stereocenters. The van der Waals surface area contributed by atoms with Gasteiger partial charge in [-0.2, -0.15) is 0 Å². The fraction of sp³-hybridized carbons (Fsp3) is 0.143. The van der Waals surface area contributed by atoms with Crippen LogP contribution in [0.3, 0.4) is 0 Å². The van der Waals surface area contributed by atoms with Crippen molar-refractivity contribution in [1.82, 2.24) is 20.9 Å². The molecular formula is C7H8N4O. The average Bonchev–Trinajstić information content (AvgIpc) is 2.53. The highest BCUT2D eigenvalue weighted by atomic mass is 16.5. The largest absolute Gasteiger partial charge is 0.316 e. The summed E-state index contributed by atoms with van der Waals surface area (Å²) in [5.74, 6) is 0. The fourth-order valence-corrected chi connectivity index (χ4v) is 1.16. The minimum absolute atomic E-state index is 0.379. The third kappa shape index (κ3) is 1.05. The summed E-state index contributed by atoms with van der Waals surface area (Å²) in [6.07, 6.45) is 0. The van der Waals surface area contributed by atoms with Gasteiger partial charge in [-0.15, -0.1) is 5.10 Å². The standard InChI is InChI=1S/C7H8N4O/c12-8-4-5-2-1-3-6-7(5)10-11-9-6/h1-3,8,12H,4H2,(H,9,10,11). The molecule has 5 nitrogen and oxygen atoms in total. The smallest absolute Gasteiger partial charge is 0.117 e. The molecular weight excluding hydrogens is 156 g/mol. The molecule has 2 aromatic rings. The zero-order chi connectivity index (χ0) is 8.39. The van der Waals surface area contributed by atoms with Crippen LogP contribution >= 0.6 is 0 Å². The number of hydrogen-bond donors (Lipinski definition) is 3. The lowest BCUT2D eigenvalue weighted by molar-refractivity contribution is 0.161. The molecule has 62 valence electrons. The van der Waals surface area contributed by atoms with Gasteiger partial charge >= 0.3 is 0 Å². The Morgan fingerprint density at radius 2 is 2.42 bits per heavy atom. The lowest BCUT2D eigenvalue weighted by atomic mass is 10.2. The van der Waals surface area contributed by atoms with Crippen molar-refractivity contribution < 1.29 is 5.21 Å². The molecule has 0 aliphatic heterocycles. The molecule has 0 unspecified atom stereocenters. The van der Waals surface area contributed by atoms with E-state index in [9.17, 15) is 0 Å². The van der Waals surface area contributed by atoms with Crippen molar-refractivity contribution in [2.75, 3.05) is 0 Å². The summed E-state index contributed by atoms with van der Waals surface area (Å²) >= 11 is 0. The van der Waals surface area contributed by atoms with Crippen molar-refractivity contribution in [2.45, 2.75) is 6.54 Å². The molecule has 0 aliphatic rings. The number of benzene rings is 1. The Labute approximate surface area is 68.4 Å². The van der Waals surface area contributed by atoms with E-state index >= 15 is 0 Å². The molecule has 0 saturated heterocycles. The molecule has 1 aromatic heterocycles. The van der Waals surface area contributed by atoms with Crippen LogP contribution in [0.15, 0.2) is 18.2 Å². The summed E-state index contributed by atoms with van der Waals surface area (Å²) in [7, 11) is 0. The van der Waals surface area contributed by atoms with Crippen LogP contribution in [0.1, 0.15) is 5.56 Å². The Morgan fingerprint density at radius 1 is 1.50 bits per heavy atom. The highest BCUT2D eigenvalue weighted by molar-refractivity contribution is 5.77. The molecule has 0 spiro atoms. The van der Waals surface area contributed by atoms with E-state index in [2.05, 4.69) is 20.9 Å². The number of H-pyrrole nitrogens is 1. The minimum Gasteiger partial charge on any atom is -0.316 e. The lowest BCUT2D eigenvalue weighted by Gasteiger charge is -1.97. The topological polar surface area (TPSA) is 73.8 Å². The summed E-state index contributed by atoms with van der Waals surface area (Å²) in [4.78, 5) is 0. The molecule has 12 heavy (non-hydrogen) atoms. The van der Waals surface area contributed by atoms with Gasteiger partial charge in [0, 0.05) is 6.54 Å². The number of fused-ring (bicyclic) bond motifs is 1. The predicted octanol–water partition coefficient (Wildman–Crippen LogP) is 0.437. The van der Waals surface area contributed by atoms with Crippen LogP contribution in [0.5, 0.6) is 0 Å². The third-order valence-corrected chi connectivity index (χ3v) is 1.71. The number of hydroxylamine groups is 1. The number of nitrogens with zero attached hydrogens (tertiary/aromatic N) is 2. The fourth-order valence-electron chi connectivity index (χ4n) is 1.16. The first-order chi connectivity index (χ1) is 5.92. The summed E-state index contributed by atoms with van der Waals surface area (Å²) in [5, 5.41) is 18.8. The van der Waals surface area contributed by atoms with Gasteiger partial charge < -0.3 is 5.21 Å². The molecule has 0 aliphatic carbocycles. The van der Waals surface area contributed by atoms with Crippen molar-refractivity contribution in [3.63, 3.8) is 0 Å². The normalized spacial score (nSPS) is 10.8. The molecule has 0 fully saturated rings. The maximum atomic E-state index is 8.51. The SMILES string of the molecule is ONCc1cccc2[nH]nnc12. The summed E-state index contributed by atoms with van der Waals surface area (Å²) in [5.41, 5.74) is 4.67. The van der Waals surface area contributed by atoms with Gasteiger partial charge in [0.05, 0.1) is 5.52 Å². The molecule has 0 amide bonds. The summed E-state index contributed by atoms with van der Waals surface area (Å²) in [6, 6.07) is 5.65. The van der Waals surface area contributed by atoms with Gasteiger partial charge in [-0.3, -0.25) is 5.10 Å². The van der Waals surface area contributed by atoms with Crippen LogP contribution in [0, 0.1) is 0 Å². The van der Waals surface area contributed by atoms with E-state index in [1.807, 2.05) is 18.2 Å². The zero-order valence-electron chi connectivity index (χ0n) is 6.28. The second-order valence-electron chi connectivity index (χ2n) is 2.46. The molecule has 0 bridgehead atoms. The van der Waals surface area contributed by atoms with E-state index in [0.29, 0.717) is 6.54 Å². The van der Waals surface area contributed by atoms with Crippen molar-refractivity contribution in [1.29, 1.82) is 0 Å². The van der Waals surface area contributed by atoms with E-state index in [1.165, 1.54) is 0 Å². The Balaban J connectivity index is 2.57. The molecule has 0 radical (unpaired) electrons. The molecule has 3 N–H and O–H groups in total. The molecule has 5 heteroatoms. The first kappa shape index (κ1) is 7.20. The number of hydrogen-bond acceptors (Lipinski definition) is 4. The average molecular weight is 164 g/mol. The first-order valence-electron chi connectivity index (χ1n) is 3.57. The van der Waals surface area contributed by atoms with Crippen LogP contribution in [0.4, 0.5) is 0 Å². The van der Waals surface area contributed by atoms with Crippen LogP contribution in [-0.2, 0) is 6.54 Å². The van der Waals surface area contributed by atoms with Crippen molar-refractivity contribution in [3.8, 4) is 0 Å². The maximum Gasteiger partial charge on any atom is 0.117 e. The van der Waals surface area contributed by atoms with Gasteiger partial charge in [-0.05, 0) is 11.6 Å². The van der Waals surface area contributed by atoms with Crippen LogP contribution < -0.4 is 5.48 Å². The zero-order valence-corrected chi connectivity index (χ0v) is 6.28.